The van der Waals surface area contributed by atoms with E-state index in [1.807, 2.05) is 5.43 Å². The molecule has 3 amide bonds. The summed E-state index contributed by atoms with van der Waals surface area (Å²) in [5.74, 6) is 4.88. The van der Waals surface area contributed by atoms with Crippen LogP contribution in [0.3, 0.4) is 0 Å². The molecule has 0 radical (unpaired) electrons. The topological polar surface area (TPSA) is 105 Å². The average Bonchev–Trinajstić information content (AvgIpc) is 2.43. The summed E-state index contributed by atoms with van der Waals surface area (Å²) in [7, 11) is 0. The zero-order valence-electron chi connectivity index (χ0n) is 9.96. The van der Waals surface area contributed by atoms with Gasteiger partial charge in [-0.1, -0.05) is 11.8 Å². The molecule has 0 aliphatic carbocycles. The van der Waals surface area contributed by atoms with E-state index in [0.717, 1.165) is 11.8 Å². The molecule has 2 rings (SSSR count). The molecule has 7 nitrogen and oxygen atoms in total. The summed E-state index contributed by atoms with van der Waals surface area (Å²) in [5, 5.41) is -0.262. The van der Waals surface area contributed by atoms with E-state index in [-0.39, 0.29) is 17.7 Å². The highest BCUT2D eigenvalue weighted by Gasteiger charge is 2.26. The maximum Gasteiger partial charge on any atom is 0.288 e. The van der Waals surface area contributed by atoms with E-state index in [1.54, 1.807) is 6.07 Å². The first-order valence-corrected chi connectivity index (χ1v) is 6.53. The van der Waals surface area contributed by atoms with Crippen molar-refractivity contribution in [3.05, 3.63) is 29.6 Å². The zero-order valence-corrected chi connectivity index (χ0v) is 10.8. The summed E-state index contributed by atoms with van der Waals surface area (Å²) in [4.78, 5) is 39.6. The standard InChI is InChI=1S/C11H12N4O3S/c12-14-10(17)7-1-2-8(13-5-7)6-15-9(16)3-4-19-11(15)18/h1-2,5H,3-4,6,12H2,(H,14,17). The van der Waals surface area contributed by atoms with E-state index in [4.69, 9.17) is 5.84 Å². The molecular formula is C11H12N4O3S. The van der Waals surface area contributed by atoms with Crippen molar-refractivity contribution in [2.24, 2.45) is 5.84 Å². The van der Waals surface area contributed by atoms with Crippen molar-refractivity contribution in [2.45, 2.75) is 13.0 Å². The van der Waals surface area contributed by atoms with E-state index in [1.165, 1.54) is 17.2 Å². The normalized spacial score (nSPS) is 15.5. The Hall–Kier alpha value is -1.93. The van der Waals surface area contributed by atoms with Crippen LogP contribution >= 0.6 is 11.8 Å². The van der Waals surface area contributed by atoms with Gasteiger partial charge in [0.25, 0.3) is 11.1 Å². The molecular weight excluding hydrogens is 268 g/mol. The van der Waals surface area contributed by atoms with Gasteiger partial charge in [-0.25, -0.2) is 5.84 Å². The minimum absolute atomic E-state index is 0.120. The molecule has 0 saturated carbocycles. The molecule has 0 atom stereocenters. The van der Waals surface area contributed by atoms with Crippen LogP contribution in [0.25, 0.3) is 0 Å². The van der Waals surface area contributed by atoms with Gasteiger partial charge in [-0.15, -0.1) is 0 Å². The highest BCUT2D eigenvalue weighted by atomic mass is 32.2. The van der Waals surface area contributed by atoms with Crippen LogP contribution in [0.5, 0.6) is 0 Å². The number of hydrazine groups is 1. The lowest BCUT2D eigenvalue weighted by Crippen LogP contribution is -2.37. The second-order valence-corrected chi connectivity index (χ2v) is 4.90. The average molecular weight is 280 g/mol. The molecule has 3 N–H and O–H groups in total. The second-order valence-electron chi connectivity index (χ2n) is 3.86. The van der Waals surface area contributed by atoms with Crippen LogP contribution in [-0.4, -0.2) is 32.7 Å². The highest BCUT2D eigenvalue weighted by molar-refractivity contribution is 8.13. The van der Waals surface area contributed by atoms with Crippen molar-refractivity contribution >= 4 is 28.8 Å². The molecule has 1 aromatic heterocycles. The molecule has 2 heterocycles. The maximum atomic E-state index is 11.6. The summed E-state index contributed by atoms with van der Waals surface area (Å²) >= 11 is 1.12. The predicted octanol–water partition coefficient (Wildman–Crippen LogP) is 0.271. The SMILES string of the molecule is NNC(=O)c1ccc(CN2C(=O)CCSC2=O)nc1. The quantitative estimate of drug-likeness (QED) is 0.468. The van der Waals surface area contributed by atoms with E-state index in [9.17, 15) is 14.4 Å². The Bertz CT molecular complexity index is 501. The van der Waals surface area contributed by atoms with Crippen LogP contribution < -0.4 is 11.3 Å². The Balaban J connectivity index is 2.08. The van der Waals surface area contributed by atoms with Crippen LogP contribution in [0, 0.1) is 0 Å². The lowest BCUT2D eigenvalue weighted by Gasteiger charge is -2.23. The fourth-order valence-electron chi connectivity index (χ4n) is 1.59. The van der Waals surface area contributed by atoms with Crippen molar-refractivity contribution in [3.63, 3.8) is 0 Å². The molecule has 19 heavy (non-hydrogen) atoms. The van der Waals surface area contributed by atoms with Gasteiger partial charge in [0.1, 0.15) is 0 Å². The van der Waals surface area contributed by atoms with Gasteiger partial charge in [-0.3, -0.25) is 29.7 Å². The van der Waals surface area contributed by atoms with E-state index >= 15 is 0 Å². The summed E-state index contributed by atoms with van der Waals surface area (Å²) in [6.45, 7) is 0.120. The molecule has 1 fully saturated rings. The van der Waals surface area contributed by atoms with Crippen molar-refractivity contribution in [3.8, 4) is 0 Å². The summed E-state index contributed by atoms with van der Waals surface area (Å²) in [5.41, 5.74) is 2.85. The summed E-state index contributed by atoms with van der Waals surface area (Å²) in [6.07, 6.45) is 1.70. The molecule has 100 valence electrons. The number of aromatic nitrogens is 1. The number of hydrogen-bond acceptors (Lipinski definition) is 6. The summed E-state index contributed by atoms with van der Waals surface area (Å²) in [6, 6.07) is 3.13. The Morgan fingerprint density at radius 3 is 2.84 bits per heavy atom. The van der Waals surface area contributed by atoms with Gasteiger partial charge >= 0.3 is 0 Å². The number of nitrogens with two attached hydrogens (primary N) is 1. The third-order valence-electron chi connectivity index (χ3n) is 2.60. The predicted molar refractivity (Wildman–Crippen MR) is 68.9 cm³/mol. The molecule has 0 unspecified atom stereocenters. The number of imide groups is 1. The van der Waals surface area contributed by atoms with Gasteiger partial charge in [0.05, 0.1) is 17.8 Å². The van der Waals surface area contributed by atoms with Crippen molar-refractivity contribution in [1.29, 1.82) is 0 Å². The van der Waals surface area contributed by atoms with E-state index in [0.29, 0.717) is 23.4 Å². The molecule has 1 aromatic rings. The van der Waals surface area contributed by atoms with Gasteiger partial charge < -0.3 is 0 Å². The zero-order chi connectivity index (χ0) is 13.8. The largest absolute Gasteiger partial charge is 0.290 e. The van der Waals surface area contributed by atoms with Gasteiger partial charge in [0.2, 0.25) is 5.91 Å². The molecule has 1 saturated heterocycles. The van der Waals surface area contributed by atoms with Crippen LogP contribution in [0.15, 0.2) is 18.3 Å². The maximum absolute atomic E-state index is 11.6. The van der Waals surface area contributed by atoms with E-state index in [2.05, 4.69) is 4.98 Å². The number of thioether (sulfide) groups is 1. The van der Waals surface area contributed by atoms with Gasteiger partial charge in [-0.05, 0) is 12.1 Å². The number of nitrogens with one attached hydrogen (secondary N) is 1. The Morgan fingerprint density at radius 2 is 2.26 bits per heavy atom. The Morgan fingerprint density at radius 1 is 1.47 bits per heavy atom. The monoisotopic (exact) mass is 280 g/mol. The molecule has 0 spiro atoms. The van der Waals surface area contributed by atoms with Crippen molar-refractivity contribution < 1.29 is 14.4 Å². The number of nitrogens with zero attached hydrogens (tertiary/aromatic N) is 2. The van der Waals surface area contributed by atoms with Gasteiger partial charge in [-0.2, -0.15) is 0 Å². The summed E-state index contributed by atoms with van der Waals surface area (Å²) < 4.78 is 0. The number of nitrogen functional groups attached to an aromatic ring is 1. The lowest BCUT2D eigenvalue weighted by molar-refractivity contribution is -0.128. The number of pyridine rings is 1. The van der Waals surface area contributed by atoms with E-state index < -0.39 is 5.91 Å². The van der Waals surface area contributed by atoms with Crippen LogP contribution in [0.4, 0.5) is 4.79 Å². The van der Waals surface area contributed by atoms with Crippen LogP contribution in [-0.2, 0) is 11.3 Å². The smallest absolute Gasteiger partial charge is 0.288 e. The van der Waals surface area contributed by atoms with Gasteiger partial charge in [0.15, 0.2) is 0 Å². The van der Waals surface area contributed by atoms with Crippen molar-refractivity contribution in [2.75, 3.05) is 5.75 Å². The number of hydrogen-bond donors (Lipinski definition) is 2. The highest BCUT2D eigenvalue weighted by Crippen LogP contribution is 2.20. The fourth-order valence-corrected chi connectivity index (χ4v) is 2.36. The first kappa shape index (κ1) is 13.5. The molecule has 8 heteroatoms. The molecule has 1 aliphatic rings. The minimum atomic E-state index is -0.445. The minimum Gasteiger partial charge on any atom is -0.290 e. The number of amides is 3. The fraction of sp³-hybridized carbons (Fsp3) is 0.273. The first-order valence-electron chi connectivity index (χ1n) is 5.55. The Labute approximate surface area is 113 Å². The second kappa shape index (κ2) is 5.81. The van der Waals surface area contributed by atoms with Crippen molar-refractivity contribution in [1.82, 2.24) is 15.3 Å². The molecule has 0 bridgehead atoms. The number of carbonyl (C=O) groups is 3. The Kier molecular flexibility index (Phi) is 4.13. The first-order chi connectivity index (χ1) is 9.11. The third kappa shape index (κ3) is 3.09. The van der Waals surface area contributed by atoms with Crippen LogP contribution in [0.2, 0.25) is 0 Å². The van der Waals surface area contributed by atoms with Crippen LogP contribution in [0.1, 0.15) is 22.5 Å². The molecule has 0 aromatic carbocycles. The number of rotatable bonds is 3. The lowest BCUT2D eigenvalue weighted by atomic mass is 10.2. The number of carbonyl (C=O) groups excluding carboxylic acids is 3. The van der Waals surface area contributed by atoms with Gasteiger partial charge in [0, 0.05) is 18.4 Å². The third-order valence-corrected chi connectivity index (χ3v) is 3.48. The molecule has 1 aliphatic heterocycles.